The van der Waals surface area contributed by atoms with Crippen LogP contribution in [-0.2, 0) is 5.41 Å². The van der Waals surface area contributed by atoms with E-state index in [9.17, 15) is 5.11 Å². The summed E-state index contributed by atoms with van der Waals surface area (Å²) < 4.78 is 0. The standard InChI is InChI=1S/C17H18N2O/c1-19-11-17(8-9-17)15-10-13(4-7-16(15)19)18-12-2-5-14(20)6-3-12/h2-7,10,18,20H,8-9,11H2,1H3. The normalized spacial score (nSPS) is 18.1. The molecule has 1 saturated carbocycles. The summed E-state index contributed by atoms with van der Waals surface area (Å²) in [6.45, 7) is 1.16. The monoisotopic (exact) mass is 266 g/mol. The van der Waals surface area contributed by atoms with Crippen molar-refractivity contribution in [2.75, 3.05) is 23.8 Å². The van der Waals surface area contributed by atoms with Crippen LogP contribution in [0.1, 0.15) is 18.4 Å². The zero-order chi connectivity index (χ0) is 13.7. The SMILES string of the molecule is CN1CC2(CC2)c2cc(Nc3ccc(O)cc3)ccc21. The zero-order valence-corrected chi connectivity index (χ0v) is 11.6. The second-order valence-corrected chi connectivity index (χ2v) is 6.04. The lowest BCUT2D eigenvalue weighted by molar-refractivity contribution is 0.475. The molecule has 2 N–H and O–H groups in total. The zero-order valence-electron chi connectivity index (χ0n) is 11.6. The highest BCUT2D eigenvalue weighted by Gasteiger charge is 2.50. The van der Waals surface area contributed by atoms with Gasteiger partial charge in [-0.25, -0.2) is 0 Å². The fourth-order valence-electron chi connectivity index (χ4n) is 3.29. The van der Waals surface area contributed by atoms with Crippen LogP contribution in [0.3, 0.4) is 0 Å². The Kier molecular flexibility index (Phi) is 2.28. The minimum absolute atomic E-state index is 0.295. The summed E-state index contributed by atoms with van der Waals surface area (Å²) in [7, 11) is 2.18. The van der Waals surface area contributed by atoms with Crippen molar-refractivity contribution in [2.45, 2.75) is 18.3 Å². The Morgan fingerprint density at radius 2 is 1.75 bits per heavy atom. The van der Waals surface area contributed by atoms with Gasteiger partial charge < -0.3 is 15.3 Å². The van der Waals surface area contributed by atoms with E-state index in [0.29, 0.717) is 11.2 Å². The van der Waals surface area contributed by atoms with Gasteiger partial charge in [0.05, 0.1) is 0 Å². The molecule has 0 bridgehead atoms. The van der Waals surface area contributed by atoms with Crippen LogP contribution in [0.2, 0.25) is 0 Å². The van der Waals surface area contributed by atoms with E-state index < -0.39 is 0 Å². The van der Waals surface area contributed by atoms with Crippen LogP contribution >= 0.6 is 0 Å². The van der Waals surface area contributed by atoms with E-state index in [1.807, 2.05) is 12.1 Å². The number of anilines is 3. The van der Waals surface area contributed by atoms with Crippen molar-refractivity contribution < 1.29 is 5.11 Å². The Morgan fingerprint density at radius 1 is 1.05 bits per heavy atom. The quantitative estimate of drug-likeness (QED) is 0.815. The van der Waals surface area contributed by atoms with Crippen molar-refractivity contribution in [3.63, 3.8) is 0 Å². The van der Waals surface area contributed by atoms with Crippen LogP contribution in [0.5, 0.6) is 5.75 Å². The highest BCUT2D eigenvalue weighted by atomic mass is 16.3. The Morgan fingerprint density at radius 3 is 2.45 bits per heavy atom. The summed E-state index contributed by atoms with van der Waals surface area (Å²) in [5, 5.41) is 12.7. The molecule has 0 atom stereocenters. The van der Waals surface area contributed by atoms with Crippen LogP contribution in [0, 0.1) is 0 Å². The maximum Gasteiger partial charge on any atom is 0.115 e. The third-order valence-corrected chi connectivity index (χ3v) is 4.53. The molecule has 0 amide bonds. The number of nitrogens with one attached hydrogen (secondary N) is 1. The Labute approximate surface area is 118 Å². The van der Waals surface area contributed by atoms with E-state index in [1.165, 1.54) is 24.1 Å². The van der Waals surface area contributed by atoms with Crippen molar-refractivity contribution in [2.24, 2.45) is 0 Å². The molecule has 3 nitrogen and oxygen atoms in total. The molecular weight excluding hydrogens is 248 g/mol. The molecule has 1 aliphatic carbocycles. The molecule has 102 valence electrons. The van der Waals surface area contributed by atoms with Crippen LogP contribution in [0.25, 0.3) is 0 Å². The van der Waals surface area contributed by atoms with E-state index in [-0.39, 0.29) is 0 Å². The first kappa shape index (κ1) is 11.6. The van der Waals surface area contributed by atoms with Gasteiger partial charge in [-0.15, -0.1) is 0 Å². The van der Waals surface area contributed by atoms with E-state index in [2.05, 4.69) is 35.5 Å². The maximum atomic E-state index is 9.32. The highest BCUT2D eigenvalue weighted by molar-refractivity contribution is 5.71. The van der Waals surface area contributed by atoms with Gasteiger partial charge in [0.2, 0.25) is 0 Å². The highest BCUT2D eigenvalue weighted by Crippen LogP contribution is 2.56. The topological polar surface area (TPSA) is 35.5 Å². The van der Waals surface area contributed by atoms with E-state index >= 15 is 0 Å². The molecule has 1 aliphatic heterocycles. The summed E-state index contributed by atoms with van der Waals surface area (Å²) in [6.07, 6.45) is 2.63. The Bertz CT molecular complexity index is 659. The number of nitrogens with zero attached hydrogens (tertiary/aromatic N) is 1. The fourth-order valence-corrected chi connectivity index (χ4v) is 3.29. The van der Waals surface area contributed by atoms with Crippen molar-refractivity contribution >= 4 is 17.1 Å². The van der Waals surface area contributed by atoms with Crippen LogP contribution < -0.4 is 10.2 Å². The molecule has 1 heterocycles. The van der Waals surface area contributed by atoms with E-state index in [1.54, 1.807) is 12.1 Å². The maximum absolute atomic E-state index is 9.32. The third-order valence-electron chi connectivity index (χ3n) is 4.53. The smallest absolute Gasteiger partial charge is 0.115 e. The number of rotatable bonds is 2. The Balaban J connectivity index is 1.66. The molecule has 0 radical (unpaired) electrons. The largest absolute Gasteiger partial charge is 0.508 e. The van der Waals surface area contributed by atoms with Crippen molar-refractivity contribution in [1.82, 2.24) is 0 Å². The summed E-state index contributed by atoms with van der Waals surface area (Å²) >= 11 is 0. The molecule has 1 spiro atoms. The molecule has 20 heavy (non-hydrogen) atoms. The third kappa shape index (κ3) is 1.73. The molecule has 2 aromatic rings. The summed E-state index contributed by atoms with van der Waals surface area (Å²) in [5.41, 5.74) is 5.41. The van der Waals surface area contributed by atoms with Crippen molar-refractivity contribution in [1.29, 1.82) is 0 Å². The minimum atomic E-state index is 0.295. The van der Waals surface area contributed by atoms with Crippen LogP contribution in [0.15, 0.2) is 42.5 Å². The predicted molar refractivity (Wildman–Crippen MR) is 82.0 cm³/mol. The lowest BCUT2D eigenvalue weighted by Gasteiger charge is -2.13. The predicted octanol–water partition coefficient (Wildman–Crippen LogP) is 3.62. The number of fused-ring (bicyclic) bond motifs is 2. The summed E-state index contributed by atoms with van der Waals surface area (Å²) in [6, 6.07) is 13.8. The Hall–Kier alpha value is -2.16. The van der Waals surface area contributed by atoms with Gasteiger partial charge in [0.1, 0.15) is 5.75 Å². The molecule has 1 fully saturated rings. The second-order valence-electron chi connectivity index (χ2n) is 6.04. The molecule has 0 aromatic heterocycles. The molecule has 3 heteroatoms. The summed E-state index contributed by atoms with van der Waals surface area (Å²) in [5.74, 6) is 0.295. The number of phenols is 1. The second kappa shape index (κ2) is 3.92. The van der Waals surface area contributed by atoms with Gasteiger partial charge in [-0.05, 0) is 60.9 Å². The number of hydrogen-bond acceptors (Lipinski definition) is 3. The number of hydrogen-bond donors (Lipinski definition) is 2. The molecular formula is C17H18N2O. The first-order valence-corrected chi connectivity index (χ1v) is 7.08. The van der Waals surface area contributed by atoms with Gasteiger partial charge in [-0.2, -0.15) is 0 Å². The first-order valence-electron chi connectivity index (χ1n) is 7.08. The average molecular weight is 266 g/mol. The number of benzene rings is 2. The van der Waals surface area contributed by atoms with E-state index in [0.717, 1.165) is 17.9 Å². The molecule has 2 aromatic carbocycles. The lowest BCUT2D eigenvalue weighted by Crippen LogP contribution is -2.18. The lowest BCUT2D eigenvalue weighted by atomic mass is 9.98. The first-order chi connectivity index (χ1) is 9.66. The van der Waals surface area contributed by atoms with Gasteiger partial charge in [0.25, 0.3) is 0 Å². The van der Waals surface area contributed by atoms with Gasteiger partial charge in [-0.3, -0.25) is 0 Å². The number of phenolic OH excluding ortho intramolecular Hbond substituents is 1. The van der Waals surface area contributed by atoms with Gasteiger partial charge >= 0.3 is 0 Å². The fraction of sp³-hybridized carbons (Fsp3) is 0.294. The van der Waals surface area contributed by atoms with Gasteiger partial charge in [-0.1, -0.05) is 0 Å². The van der Waals surface area contributed by atoms with Crippen LogP contribution in [-0.4, -0.2) is 18.7 Å². The van der Waals surface area contributed by atoms with Crippen molar-refractivity contribution in [3.8, 4) is 5.75 Å². The van der Waals surface area contributed by atoms with Gasteiger partial charge in [0.15, 0.2) is 0 Å². The van der Waals surface area contributed by atoms with E-state index in [4.69, 9.17) is 0 Å². The average Bonchev–Trinajstić information content (AvgIpc) is 3.16. The van der Waals surface area contributed by atoms with Gasteiger partial charge in [0, 0.05) is 36.1 Å². The molecule has 2 aliphatic rings. The molecule has 0 unspecified atom stereocenters. The molecule has 4 rings (SSSR count). The summed E-state index contributed by atoms with van der Waals surface area (Å²) in [4.78, 5) is 2.37. The molecule has 0 saturated heterocycles. The number of aromatic hydroxyl groups is 1. The van der Waals surface area contributed by atoms with Crippen molar-refractivity contribution in [3.05, 3.63) is 48.0 Å². The van der Waals surface area contributed by atoms with Crippen LogP contribution in [0.4, 0.5) is 17.1 Å². The number of likely N-dealkylation sites (N-methyl/N-ethyl adjacent to an activating group) is 1. The minimum Gasteiger partial charge on any atom is -0.508 e.